The molecule has 0 aromatic heterocycles. The first-order valence-corrected chi connectivity index (χ1v) is 9.23. The van der Waals surface area contributed by atoms with Gasteiger partial charge in [0.1, 0.15) is 12.6 Å². The van der Waals surface area contributed by atoms with Crippen molar-refractivity contribution in [3.8, 4) is 11.5 Å². The number of likely N-dealkylation sites (tertiary alicyclic amines) is 1. The molecule has 1 aliphatic heterocycles. The van der Waals surface area contributed by atoms with Crippen molar-refractivity contribution in [3.63, 3.8) is 0 Å². The van der Waals surface area contributed by atoms with Gasteiger partial charge in [-0.15, -0.1) is 0 Å². The maximum Gasteiger partial charge on any atom is 0.244 e. The second-order valence-electron chi connectivity index (χ2n) is 6.24. The van der Waals surface area contributed by atoms with E-state index in [-0.39, 0.29) is 18.6 Å². The molecule has 0 saturated carbocycles. The van der Waals surface area contributed by atoms with Gasteiger partial charge >= 0.3 is 0 Å². The Bertz CT molecular complexity index is 600. The van der Waals surface area contributed by atoms with Gasteiger partial charge in [-0.2, -0.15) is 0 Å². The number of hydrogen-bond donors (Lipinski definition) is 2. The van der Waals surface area contributed by atoms with E-state index < -0.39 is 0 Å². The SMILES string of the molecule is CCNC(=NCC(=O)N1CCCC1)NCC(C)Oc1ccccc1OC. The van der Waals surface area contributed by atoms with Crippen LogP contribution in [0.3, 0.4) is 0 Å². The molecule has 0 bridgehead atoms. The minimum atomic E-state index is -0.0931. The van der Waals surface area contributed by atoms with E-state index in [0.717, 1.165) is 32.5 Å². The van der Waals surface area contributed by atoms with E-state index in [1.807, 2.05) is 43.0 Å². The Morgan fingerprint density at radius 2 is 1.92 bits per heavy atom. The van der Waals surface area contributed by atoms with E-state index >= 15 is 0 Å². The second kappa shape index (κ2) is 10.5. The summed E-state index contributed by atoms with van der Waals surface area (Å²) >= 11 is 0. The number of guanidine groups is 1. The summed E-state index contributed by atoms with van der Waals surface area (Å²) in [6.07, 6.45) is 2.08. The average Bonchev–Trinajstić information content (AvgIpc) is 3.19. The Kier molecular flexibility index (Phi) is 8.05. The lowest BCUT2D eigenvalue weighted by molar-refractivity contribution is -0.128. The van der Waals surface area contributed by atoms with Gasteiger partial charge in [-0.05, 0) is 38.8 Å². The summed E-state index contributed by atoms with van der Waals surface area (Å²) in [5, 5.41) is 6.38. The number of carbonyl (C=O) groups excluding carboxylic acids is 1. The van der Waals surface area contributed by atoms with Crippen molar-refractivity contribution >= 4 is 11.9 Å². The van der Waals surface area contributed by atoms with Crippen LogP contribution in [0.4, 0.5) is 0 Å². The van der Waals surface area contributed by atoms with Crippen LogP contribution in [0.1, 0.15) is 26.7 Å². The van der Waals surface area contributed by atoms with Crippen LogP contribution in [0.2, 0.25) is 0 Å². The normalized spacial score (nSPS) is 15.5. The van der Waals surface area contributed by atoms with Crippen molar-refractivity contribution < 1.29 is 14.3 Å². The fourth-order valence-corrected chi connectivity index (χ4v) is 2.77. The van der Waals surface area contributed by atoms with E-state index in [1.165, 1.54) is 0 Å². The highest BCUT2D eigenvalue weighted by Crippen LogP contribution is 2.26. The van der Waals surface area contributed by atoms with E-state index in [1.54, 1.807) is 7.11 Å². The van der Waals surface area contributed by atoms with Crippen LogP contribution in [-0.4, -0.2) is 62.7 Å². The number of methoxy groups -OCH3 is 1. The van der Waals surface area contributed by atoms with Crippen LogP contribution in [0.5, 0.6) is 11.5 Å². The third-order valence-corrected chi connectivity index (χ3v) is 4.13. The summed E-state index contributed by atoms with van der Waals surface area (Å²) in [5.74, 6) is 2.11. The molecule has 0 radical (unpaired) electrons. The molecule has 1 amide bonds. The molecule has 144 valence electrons. The van der Waals surface area contributed by atoms with E-state index in [0.29, 0.717) is 24.0 Å². The maximum absolute atomic E-state index is 12.1. The zero-order valence-electron chi connectivity index (χ0n) is 16.0. The predicted molar refractivity (Wildman–Crippen MR) is 103 cm³/mol. The molecule has 7 heteroatoms. The number of rotatable bonds is 8. The smallest absolute Gasteiger partial charge is 0.244 e. The predicted octanol–water partition coefficient (Wildman–Crippen LogP) is 1.64. The van der Waals surface area contributed by atoms with Gasteiger partial charge in [0.05, 0.1) is 13.7 Å². The molecule has 7 nitrogen and oxygen atoms in total. The Morgan fingerprint density at radius 3 is 2.58 bits per heavy atom. The van der Waals surface area contributed by atoms with E-state index in [9.17, 15) is 4.79 Å². The van der Waals surface area contributed by atoms with Gasteiger partial charge in [0, 0.05) is 19.6 Å². The third-order valence-electron chi connectivity index (χ3n) is 4.13. The van der Waals surface area contributed by atoms with Gasteiger partial charge < -0.3 is 25.0 Å². The summed E-state index contributed by atoms with van der Waals surface area (Å²) in [6.45, 7) is 7.11. The fraction of sp³-hybridized carbons (Fsp3) is 0.579. The first kappa shape index (κ1) is 19.9. The summed E-state index contributed by atoms with van der Waals surface area (Å²) in [6, 6.07) is 7.56. The molecule has 1 aliphatic rings. The van der Waals surface area contributed by atoms with Crippen molar-refractivity contribution in [1.29, 1.82) is 0 Å². The summed E-state index contributed by atoms with van der Waals surface area (Å²) in [4.78, 5) is 18.4. The molecule has 0 aliphatic carbocycles. The molecule has 1 atom stereocenters. The molecule has 2 rings (SSSR count). The number of nitrogens with one attached hydrogen (secondary N) is 2. The van der Waals surface area contributed by atoms with Gasteiger partial charge in [-0.1, -0.05) is 12.1 Å². The number of nitrogens with zero attached hydrogens (tertiary/aromatic N) is 2. The van der Waals surface area contributed by atoms with Gasteiger partial charge in [0.15, 0.2) is 17.5 Å². The van der Waals surface area contributed by atoms with Crippen molar-refractivity contribution in [1.82, 2.24) is 15.5 Å². The van der Waals surface area contributed by atoms with Crippen LogP contribution >= 0.6 is 0 Å². The third kappa shape index (κ3) is 6.13. The van der Waals surface area contributed by atoms with Gasteiger partial charge in [0.25, 0.3) is 0 Å². The highest BCUT2D eigenvalue weighted by molar-refractivity contribution is 5.85. The lowest BCUT2D eigenvalue weighted by Gasteiger charge is -2.19. The number of hydrogen-bond acceptors (Lipinski definition) is 4. The highest BCUT2D eigenvalue weighted by atomic mass is 16.5. The number of ether oxygens (including phenoxy) is 2. The number of carbonyl (C=O) groups is 1. The standard InChI is InChI=1S/C19H30N4O3/c1-4-20-19(22-14-18(24)23-11-7-8-12-23)21-13-15(2)26-17-10-6-5-9-16(17)25-3/h5-6,9-10,15H,4,7-8,11-14H2,1-3H3,(H2,20,21,22). The van der Waals surface area contributed by atoms with E-state index in [2.05, 4.69) is 15.6 Å². The van der Waals surface area contributed by atoms with Crippen molar-refractivity contribution in [2.24, 2.45) is 4.99 Å². The first-order chi connectivity index (χ1) is 12.6. The largest absolute Gasteiger partial charge is 0.493 e. The Balaban J connectivity index is 1.84. The van der Waals surface area contributed by atoms with Crippen LogP contribution in [-0.2, 0) is 4.79 Å². The number of aliphatic imine (C=N–C) groups is 1. The molecule has 1 heterocycles. The molecule has 1 aromatic rings. The summed E-state index contributed by atoms with van der Waals surface area (Å²) in [5.41, 5.74) is 0. The molecule has 26 heavy (non-hydrogen) atoms. The average molecular weight is 362 g/mol. The zero-order valence-corrected chi connectivity index (χ0v) is 16.0. The molecule has 1 aromatic carbocycles. The molecular weight excluding hydrogens is 332 g/mol. The zero-order chi connectivity index (χ0) is 18.8. The van der Waals surface area contributed by atoms with E-state index in [4.69, 9.17) is 9.47 Å². The van der Waals surface area contributed by atoms with Crippen LogP contribution in [0.15, 0.2) is 29.3 Å². The Labute approximate surface area is 155 Å². The highest BCUT2D eigenvalue weighted by Gasteiger charge is 2.17. The lowest BCUT2D eigenvalue weighted by Crippen LogP contribution is -2.42. The minimum Gasteiger partial charge on any atom is -0.493 e. The van der Waals surface area contributed by atoms with Crippen LogP contribution < -0.4 is 20.1 Å². The fourth-order valence-electron chi connectivity index (χ4n) is 2.77. The molecule has 1 unspecified atom stereocenters. The minimum absolute atomic E-state index is 0.0815. The quantitative estimate of drug-likeness (QED) is 0.543. The molecular formula is C19H30N4O3. The lowest BCUT2D eigenvalue weighted by atomic mass is 10.3. The Hall–Kier alpha value is -2.44. The van der Waals surface area contributed by atoms with Crippen LogP contribution in [0.25, 0.3) is 0 Å². The summed E-state index contributed by atoms with van der Waals surface area (Å²) < 4.78 is 11.2. The topological polar surface area (TPSA) is 75.2 Å². The molecule has 2 N–H and O–H groups in total. The van der Waals surface area contributed by atoms with Crippen molar-refractivity contribution in [2.75, 3.05) is 39.8 Å². The Morgan fingerprint density at radius 1 is 1.23 bits per heavy atom. The van der Waals surface area contributed by atoms with Crippen molar-refractivity contribution in [3.05, 3.63) is 24.3 Å². The van der Waals surface area contributed by atoms with Crippen LogP contribution in [0, 0.1) is 0 Å². The number of para-hydroxylation sites is 2. The monoisotopic (exact) mass is 362 g/mol. The number of benzene rings is 1. The molecule has 0 spiro atoms. The maximum atomic E-state index is 12.1. The first-order valence-electron chi connectivity index (χ1n) is 9.23. The van der Waals surface area contributed by atoms with Gasteiger partial charge in [0.2, 0.25) is 5.91 Å². The van der Waals surface area contributed by atoms with Crippen molar-refractivity contribution in [2.45, 2.75) is 32.8 Å². The summed E-state index contributed by atoms with van der Waals surface area (Å²) in [7, 11) is 1.62. The molecule has 1 saturated heterocycles. The van der Waals surface area contributed by atoms with Gasteiger partial charge in [-0.3, -0.25) is 4.79 Å². The van der Waals surface area contributed by atoms with Gasteiger partial charge in [-0.25, -0.2) is 4.99 Å². The molecule has 1 fully saturated rings. The second-order valence-corrected chi connectivity index (χ2v) is 6.24. The number of amides is 1.